The fourth-order valence-corrected chi connectivity index (χ4v) is 2.92. The van der Waals surface area contributed by atoms with Crippen molar-refractivity contribution < 1.29 is 4.79 Å². The number of allylic oxidation sites excluding steroid dienone is 1. The van der Waals surface area contributed by atoms with Crippen LogP contribution >= 0.6 is 11.8 Å². The molecule has 0 saturated carbocycles. The maximum atomic E-state index is 12.5. The first kappa shape index (κ1) is 17.1. The molecule has 0 aliphatic heterocycles. The van der Waals surface area contributed by atoms with Crippen LogP contribution in [0.2, 0.25) is 0 Å². The van der Waals surface area contributed by atoms with Crippen molar-refractivity contribution in [1.82, 2.24) is 30.5 Å². The summed E-state index contributed by atoms with van der Waals surface area (Å²) >= 11 is 1.36. The molecule has 0 radical (unpaired) electrons. The molecule has 0 aliphatic carbocycles. The van der Waals surface area contributed by atoms with E-state index < -0.39 is 0 Å². The van der Waals surface area contributed by atoms with Crippen LogP contribution in [-0.4, -0.2) is 36.3 Å². The lowest BCUT2D eigenvalue weighted by Gasteiger charge is -2.19. The number of pyridine rings is 1. The Balaban J connectivity index is 2.01. The van der Waals surface area contributed by atoms with Gasteiger partial charge in [0.2, 0.25) is 11.1 Å². The first-order valence-corrected chi connectivity index (χ1v) is 8.20. The van der Waals surface area contributed by atoms with E-state index in [2.05, 4.69) is 32.4 Å². The van der Waals surface area contributed by atoms with Gasteiger partial charge < -0.3 is 5.32 Å². The number of carbonyl (C=O) groups excluding carboxylic acids is 1. The predicted molar refractivity (Wildman–Crippen MR) is 88.6 cm³/mol. The molecule has 0 fully saturated rings. The maximum absolute atomic E-state index is 12.5. The van der Waals surface area contributed by atoms with Crippen LogP contribution in [0, 0.1) is 5.92 Å². The summed E-state index contributed by atoms with van der Waals surface area (Å²) in [5.41, 5.74) is 0.963. The lowest BCUT2D eigenvalue weighted by atomic mass is 10.1. The average molecular weight is 332 g/mol. The van der Waals surface area contributed by atoms with Crippen molar-refractivity contribution in [3.63, 3.8) is 0 Å². The minimum absolute atomic E-state index is 0.0398. The van der Waals surface area contributed by atoms with E-state index in [1.165, 1.54) is 11.8 Å². The molecule has 122 valence electrons. The molecule has 1 N–H and O–H groups in total. The first-order valence-electron chi connectivity index (χ1n) is 7.32. The number of amides is 1. The molecule has 7 nitrogen and oxygen atoms in total. The molecule has 0 spiro atoms. The summed E-state index contributed by atoms with van der Waals surface area (Å²) in [6.07, 6.45) is 5.16. The molecule has 0 saturated heterocycles. The number of nitrogens with one attached hydrogen (secondary N) is 1. The highest BCUT2D eigenvalue weighted by Gasteiger charge is 2.25. The molecule has 23 heavy (non-hydrogen) atoms. The van der Waals surface area contributed by atoms with Crippen LogP contribution in [0.4, 0.5) is 0 Å². The lowest BCUT2D eigenvalue weighted by Crippen LogP contribution is -2.35. The van der Waals surface area contributed by atoms with Crippen LogP contribution in [0.5, 0.6) is 0 Å². The van der Waals surface area contributed by atoms with Gasteiger partial charge in [0.25, 0.3) is 0 Å². The second kappa shape index (κ2) is 8.42. The van der Waals surface area contributed by atoms with Gasteiger partial charge in [-0.25, -0.2) is 4.68 Å². The monoisotopic (exact) mass is 332 g/mol. The summed E-state index contributed by atoms with van der Waals surface area (Å²) in [5.74, 6) is 0.102. The third-order valence-corrected chi connectivity index (χ3v) is 4.60. The summed E-state index contributed by atoms with van der Waals surface area (Å²) in [6, 6.07) is 3.77. The number of hydrogen-bond donors (Lipinski definition) is 1. The second-order valence-corrected chi connectivity index (χ2v) is 6.40. The topological polar surface area (TPSA) is 85.6 Å². The van der Waals surface area contributed by atoms with Gasteiger partial charge in [0, 0.05) is 18.9 Å². The molecule has 0 aliphatic rings. The maximum Gasteiger partial charge on any atom is 0.234 e. The largest absolute Gasteiger partial charge is 0.351 e. The molecule has 1 atom stereocenters. The van der Waals surface area contributed by atoms with Gasteiger partial charge >= 0.3 is 0 Å². The predicted octanol–water partition coefficient (Wildman–Crippen LogP) is 1.69. The van der Waals surface area contributed by atoms with E-state index in [-0.39, 0.29) is 17.1 Å². The summed E-state index contributed by atoms with van der Waals surface area (Å²) < 4.78 is 1.63. The van der Waals surface area contributed by atoms with Crippen molar-refractivity contribution in [2.75, 3.05) is 0 Å². The second-order valence-electron chi connectivity index (χ2n) is 5.29. The van der Waals surface area contributed by atoms with E-state index in [1.807, 2.05) is 26.0 Å². The van der Waals surface area contributed by atoms with Crippen LogP contribution in [0.15, 0.2) is 42.3 Å². The number of carbonyl (C=O) groups is 1. The summed E-state index contributed by atoms with van der Waals surface area (Å²) in [6.45, 7) is 8.65. The van der Waals surface area contributed by atoms with E-state index in [4.69, 9.17) is 0 Å². The van der Waals surface area contributed by atoms with Gasteiger partial charge in [0.1, 0.15) is 0 Å². The summed E-state index contributed by atoms with van der Waals surface area (Å²) in [4.78, 5) is 16.5. The van der Waals surface area contributed by atoms with E-state index in [9.17, 15) is 4.79 Å². The Kier molecular flexibility index (Phi) is 6.28. The Bertz CT molecular complexity index is 642. The highest BCUT2D eigenvalue weighted by molar-refractivity contribution is 8.00. The van der Waals surface area contributed by atoms with Crippen LogP contribution < -0.4 is 5.32 Å². The Hall–Kier alpha value is -2.22. The van der Waals surface area contributed by atoms with Gasteiger partial charge in [-0.3, -0.25) is 9.78 Å². The SMILES string of the molecule is C=CCn1nnnc1S[C@H](C(=O)NCc1cccnc1)C(C)C. The molecule has 8 heteroatoms. The van der Waals surface area contributed by atoms with Gasteiger partial charge in [0.15, 0.2) is 0 Å². The van der Waals surface area contributed by atoms with Gasteiger partial charge in [0.05, 0.1) is 11.8 Å². The molecule has 0 bridgehead atoms. The van der Waals surface area contributed by atoms with Gasteiger partial charge in [-0.15, -0.1) is 11.7 Å². The van der Waals surface area contributed by atoms with Crippen LogP contribution in [0.1, 0.15) is 19.4 Å². The molecular formula is C15H20N6OS. The fourth-order valence-electron chi connectivity index (χ4n) is 1.92. The van der Waals surface area contributed by atoms with Crippen LogP contribution in [-0.2, 0) is 17.9 Å². The number of hydrogen-bond acceptors (Lipinski definition) is 6. The standard InChI is InChI=1S/C15H20N6OS/c1-4-8-21-15(18-19-20-21)23-13(11(2)3)14(22)17-10-12-6-5-7-16-9-12/h4-7,9,11,13H,1,8,10H2,2-3H3,(H,17,22)/t13-/m0/s1. The van der Waals surface area contributed by atoms with E-state index in [0.29, 0.717) is 18.2 Å². The van der Waals surface area contributed by atoms with E-state index in [0.717, 1.165) is 5.56 Å². The van der Waals surface area contributed by atoms with Gasteiger partial charge in [-0.2, -0.15) is 0 Å². The zero-order valence-electron chi connectivity index (χ0n) is 13.2. The Labute approximate surface area is 139 Å². The summed E-state index contributed by atoms with van der Waals surface area (Å²) in [7, 11) is 0. The Morgan fingerprint density at radius 1 is 1.52 bits per heavy atom. The van der Waals surface area contributed by atoms with Gasteiger partial charge in [-0.1, -0.05) is 37.8 Å². The number of thioether (sulfide) groups is 1. The first-order chi connectivity index (χ1) is 11.1. The van der Waals surface area contributed by atoms with Crippen LogP contribution in [0.3, 0.4) is 0 Å². The van der Waals surface area contributed by atoms with E-state index >= 15 is 0 Å². The number of rotatable bonds is 8. The number of nitrogens with zero attached hydrogens (tertiary/aromatic N) is 5. The van der Waals surface area contributed by atoms with Crippen LogP contribution in [0.25, 0.3) is 0 Å². The fraction of sp³-hybridized carbons (Fsp3) is 0.400. The third-order valence-electron chi connectivity index (χ3n) is 3.09. The molecular weight excluding hydrogens is 312 g/mol. The van der Waals surface area contributed by atoms with E-state index in [1.54, 1.807) is 23.2 Å². The zero-order valence-corrected chi connectivity index (χ0v) is 14.0. The highest BCUT2D eigenvalue weighted by atomic mass is 32.2. The molecule has 1 amide bonds. The third kappa shape index (κ3) is 4.88. The molecule has 2 aromatic rings. The molecule has 0 aromatic carbocycles. The number of aromatic nitrogens is 5. The zero-order chi connectivity index (χ0) is 16.7. The van der Waals surface area contributed by atoms with Gasteiger partial charge in [-0.05, 0) is 28.0 Å². The normalized spacial score (nSPS) is 12.1. The Morgan fingerprint density at radius 3 is 3.00 bits per heavy atom. The quantitative estimate of drug-likeness (QED) is 0.585. The smallest absolute Gasteiger partial charge is 0.234 e. The van der Waals surface area contributed by atoms with Crippen molar-refractivity contribution >= 4 is 17.7 Å². The highest BCUT2D eigenvalue weighted by Crippen LogP contribution is 2.26. The van der Waals surface area contributed by atoms with Crippen molar-refractivity contribution in [1.29, 1.82) is 0 Å². The van der Waals surface area contributed by atoms with Crippen molar-refractivity contribution in [2.24, 2.45) is 5.92 Å². The van der Waals surface area contributed by atoms with Crippen molar-refractivity contribution in [3.8, 4) is 0 Å². The summed E-state index contributed by atoms with van der Waals surface area (Å²) in [5, 5.41) is 14.8. The molecule has 2 rings (SSSR count). The minimum atomic E-state index is -0.277. The average Bonchev–Trinajstić information content (AvgIpc) is 2.98. The minimum Gasteiger partial charge on any atom is -0.351 e. The number of tetrazole rings is 1. The Morgan fingerprint density at radius 2 is 2.35 bits per heavy atom. The van der Waals surface area contributed by atoms with Crippen molar-refractivity contribution in [3.05, 3.63) is 42.7 Å². The molecule has 0 unspecified atom stereocenters. The molecule has 2 heterocycles. The van der Waals surface area contributed by atoms with Crippen molar-refractivity contribution in [2.45, 2.75) is 37.3 Å². The lowest BCUT2D eigenvalue weighted by molar-refractivity contribution is -0.121. The molecule has 2 aromatic heterocycles.